The standard InChI is InChI=1S/C10H14ClFN2/c1-6-2-3-7(12)9(10(6)11)8(14)4-5-13/h2-3,8H,4-5,13-14H2,1H3/t8-/m0/s1. The van der Waals surface area contributed by atoms with Gasteiger partial charge in [0, 0.05) is 11.6 Å². The van der Waals surface area contributed by atoms with E-state index in [1.165, 1.54) is 6.07 Å². The number of hydrogen-bond acceptors (Lipinski definition) is 2. The van der Waals surface area contributed by atoms with Crippen molar-refractivity contribution in [2.45, 2.75) is 19.4 Å². The second kappa shape index (κ2) is 4.73. The number of hydrogen-bond donors (Lipinski definition) is 2. The molecule has 4 N–H and O–H groups in total. The quantitative estimate of drug-likeness (QED) is 0.814. The molecule has 0 spiro atoms. The van der Waals surface area contributed by atoms with Gasteiger partial charge in [-0.1, -0.05) is 17.7 Å². The van der Waals surface area contributed by atoms with E-state index in [2.05, 4.69) is 0 Å². The van der Waals surface area contributed by atoms with E-state index >= 15 is 0 Å². The van der Waals surface area contributed by atoms with Crippen molar-refractivity contribution < 1.29 is 4.39 Å². The summed E-state index contributed by atoms with van der Waals surface area (Å²) in [6, 6.07) is 2.59. The molecular weight excluding hydrogens is 203 g/mol. The summed E-state index contributed by atoms with van der Waals surface area (Å²) in [5.41, 5.74) is 12.3. The third-order valence-corrected chi connectivity index (χ3v) is 2.67. The van der Waals surface area contributed by atoms with Gasteiger partial charge in [-0.15, -0.1) is 0 Å². The van der Waals surface area contributed by atoms with E-state index in [1.54, 1.807) is 6.07 Å². The van der Waals surface area contributed by atoms with Crippen molar-refractivity contribution in [2.75, 3.05) is 6.54 Å². The topological polar surface area (TPSA) is 52.0 Å². The molecule has 1 atom stereocenters. The van der Waals surface area contributed by atoms with Crippen LogP contribution in [0.1, 0.15) is 23.6 Å². The molecule has 14 heavy (non-hydrogen) atoms. The largest absolute Gasteiger partial charge is 0.330 e. The molecule has 0 fully saturated rings. The molecule has 0 bridgehead atoms. The minimum atomic E-state index is -0.424. The number of benzene rings is 1. The fourth-order valence-electron chi connectivity index (χ4n) is 1.34. The van der Waals surface area contributed by atoms with E-state index in [9.17, 15) is 4.39 Å². The first kappa shape index (κ1) is 11.4. The molecule has 78 valence electrons. The molecule has 0 heterocycles. The van der Waals surface area contributed by atoms with E-state index in [0.29, 0.717) is 23.6 Å². The fraction of sp³-hybridized carbons (Fsp3) is 0.400. The van der Waals surface area contributed by atoms with Crippen LogP contribution >= 0.6 is 11.6 Å². The summed E-state index contributed by atoms with van der Waals surface area (Å²) in [6.45, 7) is 2.24. The van der Waals surface area contributed by atoms with Crippen molar-refractivity contribution in [3.8, 4) is 0 Å². The molecule has 0 unspecified atom stereocenters. The van der Waals surface area contributed by atoms with Gasteiger partial charge < -0.3 is 11.5 Å². The molecule has 1 aromatic rings. The Morgan fingerprint density at radius 1 is 1.50 bits per heavy atom. The van der Waals surface area contributed by atoms with Crippen LogP contribution in [0, 0.1) is 12.7 Å². The highest BCUT2D eigenvalue weighted by Gasteiger charge is 2.15. The Labute approximate surface area is 88.0 Å². The summed E-state index contributed by atoms with van der Waals surface area (Å²) in [6.07, 6.45) is 0.528. The van der Waals surface area contributed by atoms with Gasteiger partial charge in [-0.25, -0.2) is 4.39 Å². The SMILES string of the molecule is Cc1ccc(F)c([C@@H](N)CCN)c1Cl. The zero-order valence-electron chi connectivity index (χ0n) is 8.06. The van der Waals surface area contributed by atoms with Crippen LogP contribution in [0.15, 0.2) is 12.1 Å². The van der Waals surface area contributed by atoms with E-state index < -0.39 is 6.04 Å². The Bertz CT molecular complexity index is 328. The van der Waals surface area contributed by atoms with Crippen LogP contribution in [-0.2, 0) is 0 Å². The van der Waals surface area contributed by atoms with Gasteiger partial charge in [0.1, 0.15) is 5.82 Å². The molecule has 0 amide bonds. The predicted molar refractivity (Wildman–Crippen MR) is 56.7 cm³/mol. The molecule has 0 saturated heterocycles. The minimum absolute atomic E-state index is 0.360. The molecule has 0 aliphatic carbocycles. The second-order valence-corrected chi connectivity index (χ2v) is 3.65. The highest BCUT2D eigenvalue weighted by atomic mass is 35.5. The average molecular weight is 217 g/mol. The van der Waals surface area contributed by atoms with Crippen LogP contribution < -0.4 is 11.5 Å². The number of rotatable bonds is 3. The third-order valence-electron chi connectivity index (χ3n) is 2.17. The second-order valence-electron chi connectivity index (χ2n) is 3.28. The zero-order valence-corrected chi connectivity index (χ0v) is 8.81. The smallest absolute Gasteiger partial charge is 0.129 e. The van der Waals surface area contributed by atoms with E-state index in [-0.39, 0.29) is 5.82 Å². The maximum atomic E-state index is 13.4. The molecule has 0 aliphatic heterocycles. The molecule has 1 rings (SSSR count). The van der Waals surface area contributed by atoms with E-state index in [4.69, 9.17) is 23.1 Å². The predicted octanol–water partition coefficient (Wildman–Crippen LogP) is 2.14. The Morgan fingerprint density at radius 2 is 2.14 bits per heavy atom. The molecule has 2 nitrogen and oxygen atoms in total. The van der Waals surface area contributed by atoms with Gasteiger partial charge in [0.25, 0.3) is 0 Å². The Hall–Kier alpha value is -0.640. The lowest BCUT2D eigenvalue weighted by molar-refractivity contribution is 0.567. The van der Waals surface area contributed by atoms with Crippen molar-refractivity contribution in [1.29, 1.82) is 0 Å². The number of halogens is 2. The summed E-state index contributed by atoms with van der Waals surface area (Å²) in [5, 5.41) is 0.408. The summed E-state index contributed by atoms with van der Waals surface area (Å²) < 4.78 is 13.4. The van der Waals surface area contributed by atoms with Gasteiger partial charge >= 0.3 is 0 Å². The summed E-state index contributed by atoms with van der Waals surface area (Å²) in [5.74, 6) is -0.360. The molecular formula is C10H14ClFN2. The first-order valence-corrected chi connectivity index (χ1v) is 4.86. The van der Waals surface area contributed by atoms with Crippen molar-refractivity contribution in [1.82, 2.24) is 0 Å². The first-order chi connectivity index (χ1) is 6.57. The molecule has 4 heteroatoms. The van der Waals surface area contributed by atoms with Crippen LogP contribution in [-0.4, -0.2) is 6.54 Å². The first-order valence-electron chi connectivity index (χ1n) is 4.48. The molecule has 1 aromatic carbocycles. The van der Waals surface area contributed by atoms with Crippen LogP contribution in [0.2, 0.25) is 5.02 Å². The van der Waals surface area contributed by atoms with Gasteiger partial charge in [-0.05, 0) is 31.5 Å². The molecule has 0 radical (unpaired) electrons. The summed E-state index contributed by atoms with van der Waals surface area (Å²) in [7, 11) is 0. The van der Waals surface area contributed by atoms with Gasteiger partial charge in [-0.3, -0.25) is 0 Å². The van der Waals surface area contributed by atoms with Crippen molar-refractivity contribution in [3.05, 3.63) is 34.1 Å². The lowest BCUT2D eigenvalue weighted by Crippen LogP contribution is -2.17. The number of aryl methyl sites for hydroxylation is 1. The van der Waals surface area contributed by atoms with Crippen molar-refractivity contribution in [3.63, 3.8) is 0 Å². The fourth-order valence-corrected chi connectivity index (χ4v) is 1.64. The number of nitrogens with two attached hydrogens (primary N) is 2. The Kier molecular flexibility index (Phi) is 3.86. The zero-order chi connectivity index (χ0) is 10.7. The van der Waals surface area contributed by atoms with Crippen LogP contribution in [0.25, 0.3) is 0 Å². The minimum Gasteiger partial charge on any atom is -0.330 e. The monoisotopic (exact) mass is 216 g/mol. The molecule has 0 saturated carbocycles. The van der Waals surface area contributed by atoms with Gasteiger partial charge in [0.2, 0.25) is 0 Å². The van der Waals surface area contributed by atoms with E-state index in [0.717, 1.165) is 5.56 Å². The molecule has 0 aliphatic rings. The van der Waals surface area contributed by atoms with Gasteiger partial charge in [-0.2, -0.15) is 0 Å². The third kappa shape index (κ3) is 2.23. The summed E-state index contributed by atoms with van der Waals surface area (Å²) in [4.78, 5) is 0. The van der Waals surface area contributed by atoms with Crippen LogP contribution in [0.5, 0.6) is 0 Å². The van der Waals surface area contributed by atoms with Crippen molar-refractivity contribution in [2.24, 2.45) is 11.5 Å². The highest BCUT2D eigenvalue weighted by Crippen LogP contribution is 2.28. The Balaban J connectivity index is 3.11. The van der Waals surface area contributed by atoms with Gasteiger partial charge in [0.05, 0.1) is 5.02 Å². The lowest BCUT2D eigenvalue weighted by atomic mass is 10.0. The van der Waals surface area contributed by atoms with Crippen molar-refractivity contribution >= 4 is 11.6 Å². The maximum Gasteiger partial charge on any atom is 0.129 e. The molecule has 0 aromatic heterocycles. The highest BCUT2D eigenvalue weighted by molar-refractivity contribution is 6.32. The summed E-state index contributed by atoms with van der Waals surface area (Å²) >= 11 is 5.97. The van der Waals surface area contributed by atoms with Crippen LogP contribution in [0.3, 0.4) is 0 Å². The lowest BCUT2D eigenvalue weighted by Gasteiger charge is -2.14. The average Bonchev–Trinajstić information content (AvgIpc) is 2.13. The van der Waals surface area contributed by atoms with Gasteiger partial charge in [0.15, 0.2) is 0 Å². The van der Waals surface area contributed by atoms with Crippen LogP contribution in [0.4, 0.5) is 4.39 Å². The maximum absolute atomic E-state index is 13.4. The Morgan fingerprint density at radius 3 is 2.71 bits per heavy atom. The van der Waals surface area contributed by atoms with E-state index in [1.807, 2.05) is 6.92 Å². The normalized spacial score (nSPS) is 12.9.